The van der Waals surface area contributed by atoms with E-state index in [2.05, 4.69) is 60.9 Å². The lowest BCUT2D eigenvalue weighted by molar-refractivity contribution is 0.112. The van der Waals surface area contributed by atoms with Crippen molar-refractivity contribution in [1.82, 2.24) is 9.80 Å². The van der Waals surface area contributed by atoms with Gasteiger partial charge < -0.3 is 14.9 Å². The predicted molar refractivity (Wildman–Crippen MR) is 121 cm³/mol. The van der Waals surface area contributed by atoms with E-state index in [9.17, 15) is 5.11 Å². The molecule has 1 aromatic rings. The molecule has 3 atom stereocenters. The summed E-state index contributed by atoms with van der Waals surface area (Å²) in [7, 11) is 0. The Kier molecular flexibility index (Phi) is 6.46. The summed E-state index contributed by atoms with van der Waals surface area (Å²) in [4.78, 5) is 5.41. The van der Waals surface area contributed by atoms with Crippen LogP contribution < -0.4 is 0 Å². The molecule has 0 spiro atoms. The zero-order valence-electron chi connectivity index (χ0n) is 18.5. The molecular weight excluding hydrogens is 356 g/mol. The van der Waals surface area contributed by atoms with Crippen molar-refractivity contribution in [2.45, 2.75) is 71.4 Å². The highest BCUT2D eigenvalue weighted by Crippen LogP contribution is 2.46. The van der Waals surface area contributed by atoms with Crippen LogP contribution in [0.4, 0.5) is 0 Å². The molecule has 1 N–H and O–H groups in total. The van der Waals surface area contributed by atoms with E-state index in [1.165, 1.54) is 50.9 Å². The Morgan fingerprint density at radius 3 is 2.69 bits per heavy atom. The van der Waals surface area contributed by atoms with E-state index >= 15 is 0 Å². The number of fused-ring (bicyclic) bond motifs is 3. The van der Waals surface area contributed by atoms with E-state index in [1.54, 1.807) is 16.8 Å². The second-order valence-corrected chi connectivity index (χ2v) is 9.35. The number of piperidine rings is 1. The number of allylic oxidation sites excluding steroid dienone is 3. The van der Waals surface area contributed by atoms with Crippen LogP contribution in [0.2, 0.25) is 0 Å². The van der Waals surface area contributed by atoms with Gasteiger partial charge in [-0.1, -0.05) is 42.8 Å². The molecule has 3 nitrogen and oxygen atoms in total. The number of benzene rings is 1. The summed E-state index contributed by atoms with van der Waals surface area (Å²) < 4.78 is 0. The lowest BCUT2D eigenvalue weighted by Gasteiger charge is -2.38. The van der Waals surface area contributed by atoms with Crippen LogP contribution in [0, 0.1) is 12.8 Å². The maximum Gasteiger partial charge on any atom is 0.0790 e. The van der Waals surface area contributed by atoms with E-state index in [4.69, 9.17) is 0 Å². The maximum absolute atomic E-state index is 10.5. The van der Waals surface area contributed by atoms with Crippen LogP contribution in [0.15, 0.2) is 47.2 Å². The van der Waals surface area contributed by atoms with Crippen LogP contribution >= 0.6 is 0 Å². The monoisotopic (exact) mass is 394 g/mol. The van der Waals surface area contributed by atoms with Gasteiger partial charge in [-0.2, -0.15) is 0 Å². The van der Waals surface area contributed by atoms with Crippen molar-refractivity contribution < 1.29 is 5.11 Å². The van der Waals surface area contributed by atoms with Gasteiger partial charge in [-0.15, -0.1) is 0 Å². The van der Waals surface area contributed by atoms with Gasteiger partial charge in [0.15, 0.2) is 0 Å². The van der Waals surface area contributed by atoms with Crippen LogP contribution in [0.25, 0.3) is 0 Å². The molecule has 2 saturated heterocycles. The minimum atomic E-state index is -0.335. The first-order valence-corrected chi connectivity index (χ1v) is 11.7. The predicted octanol–water partition coefficient (Wildman–Crippen LogP) is 5.22. The molecule has 2 fully saturated rings. The van der Waals surface area contributed by atoms with Gasteiger partial charge in [-0.05, 0) is 75.6 Å². The van der Waals surface area contributed by atoms with Crippen LogP contribution in [0.5, 0.6) is 0 Å². The van der Waals surface area contributed by atoms with Crippen LogP contribution in [-0.2, 0) is 0 Å². The SMILES string of the molecule is CCCN1C2=C(C)CCC=C2C2CN(CCCC(O)c3ccc(C)cc3)CCC21. The summed E-state index contributed by atoms with van der Waals surface area (Å²) >= 11 is 0. The number of nitrogens with zero attached hydrogens (tertiary/aromatic N) is 2. The van der Waals surface area contributed by atoms with Crippen LogP contribution in [0.1, 0.15) is 69.6 Å². The van der Waals surface area contributed by atoms with Crippen molar-refractivity contribution in [2.75, 3.05) is 26.2 Å². The molecule has 1 aromatic carbocycles. The van der Waals surface area contributed by atoms with Gasteiger partial charge in [0.2, 0.25) is 0 Å². The fourth-order valence-electron chi connectivity index (χ4n) is 5.68. The molecule has 0 aromatic heterocycles. The van der Waals surface area contributed by atoms with Crippen molar-refractivity contribution in [3.63, 3.8) is 0 Å². The molecule has 158 valence electrons. The van der Waals surface area contributed by atoms with Crippen molar-refractivity contribution in [3.05, 3.63) is 58.3 Å². The van der Waals surface area contributed by atoms with Crippen molar-refractivity contribution in [3.8, 4) is 0 Å². The molecule has 2 heterocycles. The first-order valence-electron chi connectivity index (χ1n) is 11.7. The number of aliphatic hydroxyl groups excluding tert-OH is 1. The highest BCUT2D eigenvalue weighted by Gasteiger charge is 2.44. The minimum absolute atomic E-state index is 0.335. The normalized spacial score (nSPS) is 25.7. The molecule has 0 amide bonds. The Balaban J connectivity index is 1.35. The molecule has 1 aliphatic carbocycles. The Morgan fingerprint density at radius 1 is 1.14 bits per heavy atom. The number of rotatable bonds is 7. The molecule has 3 aliphatic rings. The molecule has 2 aliphatic heterocycles. The van der Waals surface area contributed by atoms with Gasteiger partial charge in [0.05, 0.1) is 6.10 Å². The maximum atomic E-state index is 10.5. The number of hydrogen-bond donors (Lipinski definition) is 1. The van der Waals surface area contributed by atoms with Crippen LogP contribution in [-0.4, -0.2) is 47.1 Å². The van der Waals surface area contributed by atoms with E-state index in [1.807, 2.05) is 0 Å². The molecule has 0 saturated carbocycles. The first kappa shape index (κ1) is 20.7. The van der Waals surface area contributed by atoms with Gasteiger partial charge in [-0.3, -0.25) is 0 Å². The summed E-state index contributed by atoms with van der Waals surface area (Å²) in [6.45, 7) is 11.4. The molecule has 4 rings (SSSR count). The summed E-state index contributed by atoms with van der Waals surface area (Å²) in [5.41, 5.74) is 7.16. The number of likely N-dealkylation sites (tertiary alicyclic amines) is 2. The van der Waals surface area contributed by atoms with Crippen molar-refractivity contribution in [2.24, 2.45) is 5.92 Å². The lowest BCUT2D eigenvalue weighted by Crippen LogP contribution is -2.46. The van der Waals surface area contributed by atoms with E-state index in [0.29, 0.717) is 12.0 Å². The molecular formula is C26H38N2O. The fraction of sp³-hybridized carbons (Fsp3) is 0.615. The zero-order valence-corrected chi connectivity index (χ0v) is 18.5. The average Bonchev–Trinajstić information content (AvgIpc) is 3.03. The van der Waals surface area contributed by atoms with Crippen molar-refractivity contribution >= 4 is 0 Å². The standard InChI is InChI=1S/C26H38N2O/c1-4-15-28-24-14-17-27(18-23(24)22-8-5-7-20(3)26(22)28)16-6-9-25(29)21-12-10-19(2)11-13-21/h8,10-13,23-25,29H,4-7,9,14-18H2,1-3H3. The molecule has 0 radical (unpaired) electrons. The largest absolute Gasteiger partial charge is 0.388 e. The van der Waals surface area contributed by atoms with Gasteiger partial charge in [-0.25, -0.2) is 0 Å². The fourth-order valence-corrected chi connectivity index (χ4v) is 5.68. The van der Waals surface area contributed by atoms with E-state index in [-0.39, 0.29) is 6.10 Å². The number of hydrogen-bond acceptors (Lipinski definition) is 3. The first-order chi connectivity index (χ1) is 14.1. The quantitative estimate of drug-likeness (QED) is 0.687. The molecule has 3 heteroatoms. The van der Waals surface area contributed by atoms with Crippen LogP contribution in [0.3, 0.4) is 0 Å². The van der Waals surface area contributed by atoms with Gasteiger partial charge in [0.25, 0.3) is 0 Å². The molecule has 29 heavy (non-hydrogen) atoms. The highest BCUT2D eigenvalue weighted by molar-refractivity contribution is 5.45. The van der Waals surface area contributed by atoms with Crippen molar-refractivity contribution in [1.29, 1.82) is 0 Å². The Labute approximate surface area is 177 Å². The summed E-state index contributed by atoms with van der Waals surface area (Å²) in [5.74, 6) is 0.683. The summed E-state index contributed by atoms with van der Waals surface area (Å²) in [6, 6.07) is 9.03. The highest BCUT2D eigenvalue weighted by atomic mass is 16.3. The topological polar surface area (TPSA) is 26.7 Å². The Morgan fingerprint density at radius 2 is 1.93 bits per heavy atom. The summed E-state index contributed by atoms with van der Waals surface area (Å²) in [6.07, 6.45) is 9.08. The number of aliphatic hydroxyl groups is 1. The number of aryl methyl sites for hydroxylation is 1. The Bertz CT molecular complexity index is 763. The second-order valence-electron chi connectivity index (χ2n) is 9.35. The second kappa shape index (κ2) is 9.06. The Hall–Kier alpha value is -1.58. The third-order valence-corrected chi connectivity index (χ3v) is 7.19. The van der Waals surface area contributed by atoms with E-state index in [0.717, 1.165) is 24.9 Å². The zero-order chi connectivity index (χ0) is 20.4. The van der Waals surface area contributed by atoms with Gasteiger partial charge in [0.1, 0.15) is 0 Å². The van der Waals surface area contributed by atoms with Gasteiger partial charge >= 0.3 is 0 Å². The lowest BCUT2D eigenvalue weighted by atomic mass is 9.85. The molecule has 3 unspecified atom stereocenters. The third kappa shape index (κ3) is 4.32. The minimum Gasteiger partial charge on any atom is -0.388 e. The average molecular weight is 395 g/mol. The van der Waals surface area contributed by atoms with Gasteiger partial charge in [0, 0.05) is 37.3 Å². The smallest absolute Gasteiger partial charge is 0.0790 e. The van der Waals surface area contributed by atoms with E-state index < -0.39 is 0 Å². The summed E-state index contributed by atoms with van der Waals surface area (Å²) in [5, 5.41) is 10.5. The molecule has 0 bridgehead atoms. The third-order valence-electron chi connectivity index (χ3n) is 7.19.